The third-order valence-electron chi connectivity index (χ3n) is 3.51. The van der Waals surface area contributed by atoms with Crippen molar-refractivity contribution in [2.45, 2.75) is 6.04 Å². The molecule has 7 heteroatoms. The van der Waals surface area contributed by atoms with Crippen LogP contribution >= 0.6 is 0 Å². The predicted octanol–water partition coefficient (Wildman–Crippen LogP) is 1.65. The van der Waals surface area contributed by atoms with Crippen LogP contribution in [0.3, 0.4) is 0 Å². The Balaban J connectivity index is 1.95. The van der Waals surface area contributed by atoms with Gasteiger partial charge in [0.25, 0.3) is 0 Å². The molecule has 0 unspecified atom stereocenters. The summed E-state index contributed by atoms with van der Waals surface area (Å²) < 4.78 is 10.5. The van der Waals surface area contributed by atoms with Gasteiger partial charge >= 0.3 is 11.8 Å². The van der Waals surface area contributed by atoms with Crippen molar-refractivity contribution in [3.05, 3.63) is 48.4 Å². The van der Waals surface area contributed by atoms with E-state index in [4.69, 9.17) is 9.15 Å². The van der Waals surface area contributed by atoms with Crippen LogP contribution in [0, 0.1) is 0 Å². The molecule has 24 heavy (non-hydrogen) atoms. The molecule has 7 nitrogen and oxygen atoms in total. The van der Waals surface area contributed by atoms with Gasteiger partial charge in [0.2, 0.25) is 0 Å². The van der Waals surface area contributed by atoms with Crippen molar-refractivity contribution >= 4 is 17.5 Å². The second-order valence-electron chi connectivity index (χ2n) is 5.36. The Kier molecular flexibility index (Phi) is 5.97. The highest BCUT2D eigenvalue weighted by molar-refractivity contribution is 6.39. The molecule has 2 N–H and O–H groups in total. The van der Waals surface area contributed by atoms with E-state index in [1.165, 1.54) is 7.11 Å². The molecule has 0 aliphatic carbocycles. The Morgan fingerprint density at radius 1 is 1.17 bits per heavy atom. The van der Waals surface area contributed by atoms with Crippen molar-refractivity contribution in [2.24, 2.45) is 0 Å². The molecule has 128 valence electrons. The van der Waals surface area contributed by atoms with E-state index < -0.39 is 11.8 Å². The number of methoxy groups -OCH3 is 1. The number of hydrogen-bond acceptors (Lipinski definition) is 5. The van der Waals surface area contributed by atoms with Gasteiger partial charge < -0.3 is 19.8 Å². The molecular formula is C17H21N3O4. The number of carbonyl (C=O) groups excluding carboxylic acids is 2. The summed E-state index contributed by atoms with van der Waals surface area (Å²) in [6.07, 6.45) is 1.57. The number of carbonyl (C=O) groups is 2. The van der Waals surface area contributed by atoms with Crippen LogP contribution in [-0.4, -0.2) is 44.5 Å². The summed E-state index contributed by atoms with van der Waals surface area (Å²) in [6.45, 7) is 0.249. The SMILES string of the molecule is COc1ccccc1NC(=O)C(=O)NC[C@@H](c1ccco1)N(C)C. The molecule has 0 saturated heterocycles. The van der Waals surface area contributed by atoms with E-state index in [2.05, 4.69) is 10.6 Å². The summed E-state index contributed by atoms with van der Waals surface area (Å²) in [5, 5.41) is 5.15. The molecule has 1 heterocycles. The third kappa shape index (κ3) is 4.36. The lowest BCUT2D eigenvalue weighted by Crippen LogP contribution is -2.40. The second-order valence-corrected chi connectivity index (χ2v) is 5.36. The summed E-state index contributed by atoms with van der Waals surface area (Å²) in [4.78, 5) is 26.0. The predicted molar refractivity (Wildman–Crippen MR) is 89.8 cm³/mol. The number of benzene rings is 1. The first kappa shape index (κ1) is 17.6. The number of ether oxygens (including phenoxy) is 1. The van der Waals surface area contributed by atoms with Crippen LogP contribution in [0.5, 0.6) is 5.75 Å². The van der Waals surface area contributed by atoms with Gasteiger partial charge in [-0.15, -0.1) is 0 Å². The maximum atomic E-state index is 12.0. The van der Waals surface area contributed by atoms with Crippen molar-refractivity contribution in [2.75, 3.05) is 33.1 Å². The summed E-state index contributed by atoms with van der Waals surface area (Å²) in [5.74, 6) is -0.276. The van der Waals surface area contributed by atoms with Gasteiger partial charge in [0.15, 0.2) is 0 Å². The zero-order chi connectivity index (χ0) is 17.5. The molecule has 0 aliphatic heterocycles. The molecule has 0 aliphatic rings. The van der Waals surface area contributed by atoms with Gasteiger partial charge in [-0.2, -0.15) is 0 Å². The first-order valence-electron chi connectivity index (χ1n) is 7.45. The van der Waals surface area contributed by atoms with E-state index in [9.17, 15) is 9.59 Å². The Hall–Kier alpha value is -2.80. The number of nitrogens with zero attached hydrogens (tertiary/aromatic N) is 1. The lowest BCUT2D eigenvalue weighted by Gasteiger charge is -2.22. The van der Waals surface area contributed by atoms with Crippen molar-refractivity contribution in [3.8, 4) is 5.75 Å². The molecule has 0 spiro atoms. The van der Waals surface area contributed by atoms with Crippen molar-refractivity contribution in [1.29, 1.82) is 0 Å². The Morgan fingerprint density at radius 2 is 1.92 bits per heavy atom. The largest absolute Gasteiger partial charge is 0.495 e. The Morgan fingerprint density at radius 3 is 2.54 bits per heavy atom. The van der Waals surface area contributed by atoms with Crippen LogP contribution in [-0.2, 0) is 9.59 Å². The summed E-state index contributed by atoms with van der Waals surface area (Å²) in [5.41, 5.74) is 0.440. The van der Waals surface area contributed by atoms with Crippen molar-refractivity contribution in [1.82, 2.24) is 10.2 Å². The van der Waals surface area contributed by atoms with E-state index in [-0.39, 0.29) is 12.6 Å². The highest BCUT2D eigenvalue weighted by Gasteiger charge is 2.21. The minimum Gasteiger partial charge on any atom is -0.495 e. The van der Waals surface area contributed by atoms with E-state index in [1.807, 2.05) is 25.1 Å². The molecule has 0 bridgehead atoms. The fourth-order valence-corrected chi connectivity index (χ4v) is 2.22. The van der Waals surface area contributed by atoms with Crippen LogP contribution in [0.4, 0.5) is 5.69 Å². The van der Waals surface area contributed by atoms with Gasteiger partial charge in [0.1, 0.15) is 11.5 Å². The Labute approximate surface area is 140 Å². The second kappa shape index (κ2) is 8.16. The smallest absolute Gasteiger partial charge is 0.313 e. The fourth-order valence-electron chi connectivity index (χ4n) is 2.22. The lowest BCUT2D eigenvalue weighted by molar-refractivity contribution is -0.136. The number of amides is 2. The zero-order valence-electron chi connectivity index (χ0n) is 13.9. The standard InChI is InChI=1S/C17H21N3O4/c1-20(2)13(15-9-6-10-24-15)11-18-16(21)17(22)19-12-7-4-5-8-14(12)23-3/h4-10,13H,11H2,1-3H3,(H,18,21)(H,19,22)/t13-/m0/s1. The monoisotopic (exact) mass is 331 g/mol. The van der Waals surface area contributed by atoms with Gasteiger partial charge in [-0.25, -0.2) is 0 Å². The van der Waals surface area contributed by atoms with Crippen LogP contribution < -0.4 is 15.4 Å². The van der Waals surface area contributed by atoms with Gasteiger partial charge in [-0.05, 0) is 38.4 Å². The molecule has 0 saturated carbocycles. The van der Waals surface area contributed by atoms with Crippen LogP contribution in [0.1, 0.15) is 11.8 Å². The number of furan rings is 1. The first-order chi connectivity index (χ1) is 11.5. The minimum atomic E-state index is -0.753. The van der Waals surface area contributed by atoms with E-state index in [0.29, 0.717) is 17.2 Å². The normalized spacial score (nSPS) is 11.8. The third-order valence-corrected chi connectivity index (χ3v) is 3.51. The summed E-state index contributed by atoms with van der Waals surface area (Å²) in [7, 11) is 5.23. The average Bonchev–Trinajstić information content (AvgIpc) is 3.09. The maximum absolute atomic E-state index is 12.0. The van der Waals surface area contributed by atoms with Crippen molar-refractivity contribution < 1.29 is 18.7 Å². The number of likely N-dealkylation sites (N-methyl/N-ethyl adjacent to an activating group) is 1. The quantitative estimate of drug-likeness (QED) is 0.786. The van der Waals surface area contributed by atoms with Gasteiger partial charge in [0.05, 0.1) is 25.1 Å². The highest BCUT2D eigenvalue weighted by Crippen LogP contribution is 2.22. The fraction of sp³-hybridized carbons (Fsp3) is 0.294. The van der Waals surface area contributed by atoms with Crippen LogP contribution in [0.2, 0.25) is 0 Å². The molecular weight excluding hydrogens is 310 g/mol. The average molecular weight is 331 g/mol. The van der Waals surface area contributed by atoms with Crippen LogP contribution in [0.15, 0.2) is 47.1 Å². The molecule has 1 aromatic heterocycles. The number of para-hydroxylation sites is 2. The van der Waals surface area contributed by atoms with Gasteiger partial charge in [0, 0.05) is 6.54 Å². The maximum Gasteiger partial charge on any atom is 0.313 e. The lowest BCUT2D eigenvalue weighted by atomic mass is 10.2. The summed E-state index contributed by atoms with van der Waals surface area (Å²) >= 11 is 0. The number of rotatable bonds is 6. The zero-order valence-corrected chi connectivity index (χ0v) is 13.9. The number of anilines is 1. The van der Waals surface area contributed by atoms with E-state index in [1.54, 1.807) is 36.6 Å². The highest BCUT2D eigenvalue weighted by atomic mass is 16.5. The molecule has 2 amide bonds. The van der Waals surface area contributed by atoms with Gasteiger partial charge in [-0.1, -0.05) is 12.1 Å². The Bertz CT molecular complexity index is 683. The minimum absolute atomic E-state index is 0.164. The molecule has 1 aromatic carbocycles. The molecule has 1 atom stereocenters. The first-order valence-corrected chi connectivity index (χ1v) is 7.45. The van der Waals surface area contributed by atoms with E-state index >= 15 is 0 Å². The number of hydrogen-bond donors (Lipinski definition) is 2. The molecule has 2 aromatic rings. The number of nitrogens with one attached hydrogen (secondary N) is 2. The summed E-state index contributed by atoms with van der Waals surface area (Å²) in [6, 6.07) is 10.3. The molecule has 0 radical (unpaired) electrons. The van der Waals surface area contributed by atoms with Gasteiger partial charge in [-0.3, -0.25) is 14.5 Å². The topological polar surface area (TPSA) is 83.8 Å². The molecule has 2 rings (SSSR count). The molecule has 0 fully saturated rings. The van der Waals surface area contributed by atoms with Crippen LogP contribution in [0.25, 0.3) is 0 Å². The van der Waals surface area contributed by atoms with E-state index in [0.717, 1.165) is 0 Å². The van der Waals surface area contributed by atoms with Crippen molar-refractivity contribution in [3.63, 3.8) is 0 Å².